The van der Waals surface area contributed by atoms with Crippen LogP contribution in [0.15, 0.2) is 48.7 Å². The van der Waals surface area contributed by atoms with E-state index in [0.717, 1.165) is 62.0 Å². The number of hydrogen-bond acceptors (Lipinski definition) is 4. The van der Waals surface area contributed by atoms with Gasteiger partial charge in [-0.25, -0.2) is 0 Å². The molecule has 2 aromatic rings. The van der Waals surface area contributed by atoms with Crippen molar-refractivity contribution in [2.24, 2.45) is 5.92 Å². The molecule has 1 aliphatic carbocycles. The Balaban J connectivity index is 0.00000442. The van der Waals surface area contributed by atoms with E-state index in [1.165, 1.54) is 37.7 Å². The third-order valence-corrected chi connectivity index (χ3v) is 10.2. The molecule has 9 heteroatoms. The number of quaternary nitrogens is 1. The van der Waals surface area contributed by atoms with Crippen molar-refractivity contribution in [3.63, 3.8) is 0 Å². The summed E-state index contributed by atoms with van der Waals surface area (Å²) in [6.45, 7) is 6.43. The van der Waals surface area contributed by atoms with Crippen molar-refractivity contribution in [3.05, 3.63) is 65.5 Å². The summed E-state index contributed by atoms with van der Waals surface area (Å²) in [7, 11) is 1.84. The highest BCUT2D eigenvalue weighted by atomic mass is 35.5. The molecule has 1 spiro atoms. The Labute approximate surface area is 269 Å². The second-order valence-electron chi connectivity index (χ2n) is 13.4. The predicted molar refractivity (Wildman–Crippen MR) is 175 cm³/mol. The first kappa shape index (κ1) is 33.9. The Morgan fingerprint density at radius 2 is 1.77 bits per heavy atom. The van der Waals surface area contributed by atoms with Crippen LogP contribution in [0.3, 0.4) is 0 Å². The lowest BCUT2D eigenvalue weighted by Gasteiger charge is -2.50. The first-order valence-corrected chi connectivity index (χ1v) is 16.5. The van der Waals surface area contributed by atoms with E-state index in [1.807, 2.05) is 37.4 Å². The van der Waals surface area contributed by atoms with Crippen molar-refractivity contribution in [3.8, 4) is 0 Å². The highest BCUT2D eigenvalue weighted by molar-refractivity contribution is 6.00. The van der Waals surface area contributed by atoms with Gasteiger partial charge in [0.1, 0.15) is 18.1 Å². The van der Waals surface area contributed by atoms with E-state index in [1.54, 1.807) is 11.1 Å². The SMILES string of the molecule is CCCC[N+]1(Cc2ccc(C(=O)N(C)CCc3ccccn3)cc2)CCC2(CC1)NC(=O)[C@H](CC1CCCCC1)NC2=O.Cl. The summed E-state index contributed by atoms with van der Waals surface area (Å²) in [5.41, 5.74) is 2.08. The van der Waals surface area contributed by atoms with Crippen molar-refractivity contribution in [2.75, 3.05) is 33.2 Å². The molecule has 3 fully saturated rings. The van der Waals surface area contributed by atoms with Crippen LogP contribution in [0.25, 0.3) is 0 Å². The first-order valence-electron chi connectivity index (χ1n) is 16.5. The zero-order valence-corrected chi connectivity index (χ0v) is 27.4. The minimum atomic E-state index is -0.787. The van der Waals surface area contributed by atoms with Gasteiger partial charge in [0.05, 0.1) is 19.6 Å². The number of aromatic nitrogens is 1. The molecule has 1 atom stereocenters. The maximum atomic E-state index is 13.5. The minimum absolute atomic E-state index is 0. The number of carbonyl (C=O) groups is 3. The number of likely N-dealkylation sites (tertiary alicyclic amines) is 1. The fourth-order valence-electron chi connectivity index (χ4n) is 7.35. The Kier molecular flexibility index (Phi) is 11.8. The van der Waals surface area contributed by atoms with Gasteiger partial charge in [0.2, 0.25) is 11.8 Å². The quantitative estimate of drug-likeness (QED) is 0.342. The molecule has 1 aromatic heterocycles. The van der Waals surface area contributed by atoms with Crippen LogP contribution >= 0.6 is 12.4 Å². The van der Waals surface area contributed by atoms with Crippen LogP contribution in [0, 0.1) is 5.92 Å². The molecule has 240 valence electrons. The van der Waals surface area contributed by atoms with Gasteiger partial charge in [-0.3, -0.25) is 19.4 Å². The average Bonchev–Trinajstić information content (AvgIpc) is 3.04. The summed E-state index contributed by atoms with van der Waals surface area (Å²) >= 11 is 0. The molecule has 0 unspecified atom stereocenters. The van der Waals surface area contributed by atoms with Gasteiger partial charge < -0.3 is 20.0 Å². The van der Waals surface area contributed by atoms with Gasteiger partial charge in [0.25, 0.3) is 5.91 Å². The summed E-state index contributed by atoms with van der Waals surface area (Å²) in [5, 5.41) is 6.36. The van der Waals surface area contributed by atoms with Crippen LogP contribution in [-0.2, 0) is 22.6 Å². The number of halogens is 1. The van der Waals surface area contributed by atoms with Gasteiger partial charge in [-0.2, -0.15) is 0 Å². The van der Waals surface area contributed by atoms with E-state index in [4.69, 9.17) is 0 Å². The van der Waals surface area contributed by atoms with E-state index in [9.17, 15) is 14.4 Å². The monoisotopic (exact) mass is 624 g/mol. The van der Waals surface area contributed by atoms with Crippen LogP contribution in [-0.4, -0.2) is 76.9 Å². The summed E-state index contributed by atoms with van der Waals surface area (Å²) in [6, 6.07) is 13.5. The molecule has 44 heavy (non-hydrogen) atoms. The summed E-state index contributed by atoms with van der Waals surface area (Å²) in [5.74, 6) is 0.565. The second-order valence-corrected chi connectivity index (χ2v) is 13.4. The Hall–Kier alpha value is -2.97. The number of nitrogens with zero attached hydrogens (tertiary/aromatic N) is 3. The Morgan fingerprint density at radius 3 is 2.43 bits per heavy atom. The van der Waals surface area contributed by atoms with E-state index in [0.29, 0.717) is 30.9 Å². The molecule has 1 saturated carbocycles. The minimum Gasteiger partial charge on any atom is -0.342 e. The van der Waals surface area contributed by atoms with Crippen LogP contribution in [0.1, 0.15) is 92.7 Å². The molecule has 2 aliphatic heterocycles. The molecule has 0 bridgehead atoms. The molecule has 0 radical (unpaired) electrons. The number of hydrogen-bond donors (Lipinski definition) is 2. The number of likely N-dealkylation sites (N-methyl/N-ethyl adjacent to an activating group) is 1. The fourth-order valence-corrected chi connectivity index (χ4v) is 7.35. The van der Waals surface area contributed by atoms with Gasteiger partial charge in [0.15, 0.2) is 0 Å². The molecule has 3 amide bonds. The number of piperazine rings is 1. The van der Waals surface area contributed by atoms with E-state index < -0.39 is 11.6 Å². The lowest BCUT2D eigenvalue weighted by molar-refractivity contribution is -0.946. The van der Waals surface area contributed by atoms with E-state index in [2.05, 4.69) is 34.7 Å². The third kappa shape index (κ3) is 8.19. The van der Waals surface area contributed by atoms with Crippen LogP contribution < -0.4 is 10.6 Å². The summed E-state index contributed by atoms with van der Waals surface area (Å²) in [4.78, 5) is 45.8. The molecule has 2 saturated heterocycles. The fraction of sp³-hybridized carbons (Fsp3) is 0.600. The predicted octanol–water partition coefficient (Wildman–Crippen LogP) is 5.05. The van der Waals surface area contributed by atoms with Crippen LogP contribution in [0.2, 0.25) is 0 Å². The average molecular weight is 625 g/mol. The number of benzene rings is 1. The highest BCUT2D eigenvalue weighted by Crippen LogP contribution is 2.34. The van der Waals surface area contributed by atoms with E-state index in [-0.39, 0.29) is 30.1 Å². The molecular formula is C35H51ClN5O3+. The molecule has 1 aromatic carbocycles. The molecule has 5 rings (SSSR count). The van der Waals surface area contributed by atoms with Gasteiger partial charge in [0, 0.05) is 55.9 Å². The van der Waals surface area contributed by atoms with Crippen molar-refractivity contribution >= 4 is 30.1 Å². The Bertz CT molecular complexity index is 1240. The van der Waals surface area contributed by atoms with Crippen molar-refractivity contribution < 1.29 is 18.9 Å². The lowest BCUT2D eigenvalue weighted by atomic mass is 9.80. The second kappa shape index (κ2) is 15.3. The topological polar surface area (TPSA) is 91.4 Å². The number of pyridine rings is 1. The third-order valence-electron chi connectivity index (χ3n) is 10.2. The zero-order chi connectivity index (χ0) is 30.3. The smallest absolute Gasteiger partial charge is 0.253 e. The zero-order valence-electron chi connectivity index (χ0n) is 26.6. The number of unbranched alkanes of at least 4 members (excludes halogenated alkanes) is 1. The summed E-state index contributed by atoms with van der Waals surface area (Å²) in [6.07, 6.45) is 12.9. The summed E-state index contributed by atoms with van der Waals surface area (Å²) < 4.78 is 0.904. The normalized spacial score (nSPS) is 25.5. The lowest BCUT2D eigenvalue weighted by Crippen LogP contribution is -2.73. The number of piperidine rings is 1. The molecule has 2 N–H and O–H groups in total. The number of nitrogens with one attached hydrogen (secondary N) is 2. The van der Waals surface area contributed by atoms with Crippen molar-refractivity contribution in [2.45, 2.75) is 95.7 Å². The van der Waals surface area contributed by atoms with Crippen molar-refractivity contribution in [1.29, 1.82) is 0 Å². The van der Waals surface area contributed by atoms with Gasteiger partial charge in [-0.15, -0.1) is 12.4 Å². The molecular weight excluding hydrogens is 574 g/mol. The van der Waals surface area contributed by atoms with Gasteiger partial charge in [-0.05, 0) is 43.0 Å². The molecule has 3 aliphatic rings. The number of rotatable bonds is 11. The van der Waals surface area contributed by atoms with Gasteiger partial charge in [-0.1, -0.05) is 63.6 Å². The highest BCUT2D eigenvalue weighted by Gasteiger charge is 2.52. The van der Waals surface area contributed by atoms with E-state index >= 15 is 0 Å². The van der Waals surface area contributed by atoms with Gasteiger partial charge >= 0.3 is 0 Å². The number of carbonyl (C=O) groups excluding carboxylic acids is 3. The maximum absolute atomic E-state index is 13.5. The standard InChI is InChI=1S/C35H49N5O3.ClH/c1-3-4-22-40(26-28-13-15-29(16-14-28)33(42)39(2)21-17-30-12-8-9-20-36-30)23-18-35(19-24-40)34(43)37-31(32(41)38-35)25-27-10-6-5-7-11-27;/h8-9,12-16,20,27,31H,3-7,10-11,17-19,21-26H2,1-2H3,(H-,37,38,41,43);1H/p+1/t31-,35?,40?;/m0./s1. The van der Waals surface area contributed by atoms with Crippen LogP contribution in [0.5, 0.6) is 0 Å². The Morgan fingerprint density at radius 1 is 1.05 bits per heavy atom. The molecule has 8 nitrogen and oxygen atoms in total. The largest absolute Gasteiger partial charge is 0.342 e. The molecule has 3 heterocycles. The maximum Gasteiger partial charge on any atom is 0.253 e. The van der Waals surface area contributed by atoms with Crippen molar-refractivity contribution in [1.82, 2.24) is 20.5 Å². The van der Waals surface area contributed by atoms with Crippen LogP contribution in [0.4, 0.5) is 0 Å². The number of amides is 3. The first-order chi connectivity index (χ1) is 20.8.